The van der Waals surface area contributed by atoms with Crippen LogP contribution in [0.5, 0.6) is 0 Å². The third-order valence-corrected chi connectivity index (χ3v) is 6.94. The Kier molecular flexibility index (Phi) is 6.93. The van der Waals surface area contributed by atoms with Crippen molar-refractivity contribution in [2.75, 3.05) is 18.8 Å². The van der Waals surface area contributed by atoms with Gasteiger partial charge in [-0.25, -0.2) is 13.1 Å². The van der Waals surface area contributed by atoms with E-state index < -0.39 is 15.8 Å². The number of amides is 1. The molecule has 8 heteroatoms. The molecule has 2 N–H and O–H groups in total. The predicted octanol–water partition coefficient (Wildman–Crippen LogP) is 1.26. The topological polar surface area (TPSA) is 78.5 Å². The van der Waals surface area contributed by atoms with Crippen molar-refractivity contribution in [3.05, 3.63) is 0 Å². The summed E-state index contributed by atoms with van der Waals surface area (Å²) in [5.74, 6) is 0.0574. The molecule has 1 aliphatic carbocycles. The molecule has 3 aliphatic rings. The Morgan fingerprint density at radius 3 is 2.46 bits per heavy atom. The fraction of sp³-hybridized carbons (Fsp3) is 0.938. The minimum atomic E-state index is -3.54. The summed E-state index contributed by atoms with van der Waals surface area (Å²) in [5, 5.41) is 3.34. The van der Waals surface area contributed by atoms with Crippen LogP contribution in [0.4, 0.5) is 0 Å². The number of hydrogen-bond donors (Lipinski definition) is 2. The van der Waals surface area contributed by atoms with E-state index in [-0.39, 0.29) is 36.4 Å². The standard InChI is InChI=1S/C16H29N3O3S.ClH/c1-12-2-4-13(5-3-12)18-23(21,22)11-16(20)19-14-6-7-15(19)10-17-9-8-14;/h12-15,17-18H,2-11H2,1H3;1H. The molecule has 140 valence electrons. The Balaban J connectivity index is 0.00000208. The Morgan fingerprint density at radius 1 is 1.08 bits per heavy atom. The number of carbonyl (C=O) groups is 1. The number of carbonyl (C=O) groups excluding carboxylic acids is 1. The molecule has 0 aromatic heterocycles. The van der Waals surface area contributed by atoms with Gasteiger partial charge in [0, 0.05) is 24.7 Å². The lowest BCUT2D eigenvalue weighted by Gasteiger charge is -2.29. The lowest BCUT2D eigenvalue weighted by Crippen LogP contribution is -2.48. The Bertz CT molecular complexity index is 521. The fourth-order valence-corrected chi connectivity index (χ4v) is 5.60. The van der Waals surface area contributed by atoms with E-state index >= 15 is 0 Å². The van der Waals surface area contributed by atoms with E-state index in [0.717, 1.165) is 58.0 Å². The maximum atomic E-state index is 12.6. The van der Waals surface area contributed by atoms with Crippen molar-refractivity contribution in [1.29, 1.82) is 0 Å². The van der Waals surface area contributed by atoms with E-state index in [1.165, 1.54) is 0 Å². The average molecular weight is 380 g/mol. The van der Waals surface area contributed by atoms with E-state index in [2.05, 4.69) is 17.0 Å². The monoisotopic (exact) mass is 379 g/mol. The molecule has 2 atom stereocenters. The van der Waals surface area contributed by atoms with Crippen LogP contribution in [-0.2, 0) is 14.8 Å². The number of hydrogen-bond acceptors (Lipinski definition) is 4. The largest absolute Gasteiger partial charge is 0.334 e. The third kappa shape index (κ3) is 4.84. The van der Waals surface area contributed by atoms with Crippen molar-refractivity contribution in [1.82, 2.24) is 14.9 Å². The van der Waals surface area contributed by atoms with Gasteiger partial charge in [0.05, 0.1) is 0 Å². The summed E-state index contributed by atoms with van der Waals surface area (Å²) < 4.78 is 27.5. The first kappa shape index (κ1) is 19.9. The predicted molar refractivity (Wildman–Crippen MR) is 96.7 cm³/mol. The highest BCUT2D eigenvalue weighted by Crippen LogP contribution is 2.28. The molecule has 2 aliphatic heterocycles. The normalized spacial score (nSPS) is 33.6. The van der Waals surface area contributed by atoms with Gasteiger partial charge in [-0.2, -0.15) is 0 Å². The molecule has 6 nitrogen and oxygen atoms in total. The highest BCUT2D eigenvalue weighted by Gasteiger charge is 2.39. The summed E-state index contributed by atoms with van der Waals surface area (Å²) in [6.07, 6.45) is 6.80. The summed E-state index contributed by atoms with van der Waals surface area (Å²) in [6.45, 7) is 3.91. The van der Waals surface area contributed by atoms with E-state index in [4.69, 9.17) is 0 Å². The third-order valence-electron chi connectivity index (χ3n) is 5.62. The zero-order valence-corrected chi connectivity index (χ0v) is 16.0. The zero-order valence-electron chi connectivity index (χ0n) is 14.4. The molecule has 0 aromatic rings. The fourth-order valence-electron chi connectivity index (χ4n) is 4.30. The molecule has 0 radical (unpaired) electrons. The van der Waals surface area contributed by atoms with Crippen LogP contribution in [-0.4, -0.2) is 56.2 Å². The molecule has 3 rings (SSSR count). The number of sulfonamides is 1. The van der Waals surface area contributed by atoms with Crippen LogP contribution < -0.4 is 10.0 Å². The number of nitrogens with one attached hydrogen (secondary N) is 2. The second-order valence-corrected chi connectivity index (χ2v) is 9.27. The van der Waals surface area contributed by atoms with Crippen LogP contribution in [0.2, 0.25) is 0 Å². The average Bonchev–Trinajstić information content (AvgIpc) is 2.74. The number of rotatable bonds is 4. The Hall–Kier alpha value is -0.370. The number of nitrogens with zero attached hydrogens (tertiary/aromatic N) is 1. The van der Waals surface area contributed by atoms with Crippen LogP contribution in [0.25, 0.3) is 0 Å². The SMILES string of the molecule is CC1CCC(NS(=O)(=O)CC(=O)N2C3CCNCC2CC3)CC1.Cl. The number of halogens is 1. The van der Waals surface area contributed by atoms with Gasteiger partial charge in [0.15, 0.2) is 0 Å². The molecule has 2 unspecified atom stereocenters. The summed E-state index contributed by atoms with van der Waals surface area (Å²) in [7, 11) is -3.54. The van der Waals surface area contributed by atoms with E-state index in [9.17, 15) is 13.2 Å². The van der Waals surface area contributed by atoms with E-state index in [1.807, 2.05) is 4.90 Å². The summed E-state index contributed by atoms with van der Waals surface area (Å²) in [6, 6.07) is 0.389. The molecule has 3 fully saturated rings. The first-order chi connectivity index (χ1) is 10.9. The molecule has 2 heterocycles. The highest BCUT2D eigenvalue weighted by atomic mass is 35.5. The number of fused-ring (bicyclic) bond motifs is 2. The maximum Gasteiger partial charge on any atom is 0.239 e. The first-order valence-electron chi connectivity index (χ1n) is 8.96. The first-order valence-corrected chi connectivity index (χ1v) is 10.6. The van der Waals surface area contributed by atoms with Crippen molar-refractivity contribution in [3.63, 3.8) is 0 Å². The minimum Gasteiger partial charge on any atom is -0.334 e. The molecular formula is C16H30ClN3O3S. The minimum absolute atomic E-state index is 0. The van der Waals surface area contributed by atoms with Crippen LogP contribution in [0.15, 0.2) is 0 Å². The molecule has 0 aromatic carbocycles. The van der Waals surface area contributed by atoms with Gasteiger partial charge < -0.3 is 10.2 Å². The van der Waals surface area contributed by atoms with Crippen LogP contribution in [0, 0.1) is 5.92 Å². The Labute approximate surface area is 151 Å². The quantitative estimate of drug-likeness (QED) is 0.770. The maximum absolute atomic E-state index is 12.6. The smallest absolute Gasteiger partial charge is 0.239 e. The van der Waals surface area contributed by atoms with Crippen molar-refractivity contribution in [2.24, 2.45) is 5.92 Å². The van der Waals surface area contributed by atoms with Crippen molar-refractivity contribution in [3.8, 4) is 0 Å². The molecule has 2 saturated heterocycles. The molecule has 1 amide bonds. The summed E-state index contributed by atoms with van der Waals surface area (Å²) >= 11 is 0. The van der Waals surface area contributed by atoms with Gasteiger partial charge in [0.25, 0.3) is 0 Å². The van der Waals surface area contributed by atoms with Gasteiger partial charge in [-0.3, -0.25) is 4.79 Å². The van der Waals surface area contributed by atoms with Crippen molar-refractivity contribution in [2.45, 2.75) is 70.0 Å². The van der Waals surface area contributed by atoms with Crippen molar-refractivity contribution >= 4 is 28.3 Å². The Morgan fingerprint density at radius 2 is 1.75 bits per heavy atom. The molecule has 1 saturated carbocycles. The van der Waals surface area contributed by atoms with Crippen LogP contribution in [0.3, 0.4) is 0 Å². The second-order valence-electron chi connectivity index (χ2n) is 7.51. The molecule has 2 bridgehead atoms. The highest BCUT2D eigenvalue weighted by molar-refractivity contribution is 7.90. The van der Waals surface area contributed by atoms with Gasteiger partial charge in [-0.05, 0) is 57.4 Å². The molecule has 24 heavy (non-hydrogen) atoms. The van der Waals surface area contributed by atoms with Gasteiger partial charge in [-0.1, -0.05) is 6.92 Å². The van der Waals surface area contributed by atoms with Gasteiger partial charge in [0.1, 0.15) is 5.75 Å². The van der Waals surface area contributed by atoms with Gasteiger partial charge in [-0.15, -0.1) is 12.4 Å². The summed E-state index contributed by atoms with van der Waals surface area (Å²) in [4.78, 5) is 14.4. The zero-order chi connectivity index (χ0) is 16.4. The lowest BCUT2D eigenvalue weighted by molar-refractivity contribution is -0.130. The lowest BCUT2D eigenvalue weighted by atomic mass is 9.88. The molecular weight excluding hydrogens is 350 g/mol. The van der Waals surface area contributed by atoms with E-state index in [1.54, 1.807) is 0 Å². The van der Waals surface area contributed by atoms with Crippen LogP contribution in [0.1, 0.15) is 51.9 Å². The second kappa shape index (κ2) is 8.34. The molecule has 0 spiro atoms. The summed E-state index contributed by atoms with van der Waals surface area (Å²) in [5.41, 5.74) is 0. The van der Waals surface area contributed by atoms with Crippen LogP contribution >= 0.6 is 12.4 Å². The van der Waals surface area contributed by atoms with E-state index in [0.29, 0.717) is 5.92 Å². The van der Waals surface area contributed by atoms with Gasteiger partial charge in [0.2, 0.25) is 15.9 Å². The van der Waals surface area contributed by atoms with Gasteiger partial charge >= 0.3 is 0 Å². The van der Waals surface area contributed by atoms with Crippen molar-refractivity contribution < 1.29 is 13.2 Å².